The van der Waals surface area contributed by atoms with Gasteiger partial charge in [0.2, 0.25) is 5.62 Å². The number of β-lactam (4-membered cyclic amide) rings is 1. The Morgan fingerprint density at radius 2 is 1.90 bits per heavy atom. The van der Waals surface area contributed by atoms with Gasteiger partial charge in [-0.1, -0.05) is 5.16 Å². The van der Waals surface area contributed by atoms with Crippen molar-refractivity contribution in [1.82, 2.24) is 24.5 Å². The van der Waals surface area contributed by atoms with Crippen LogP contribution in [0.25, 0.3) is 11.3 Å². The standard InChI is InChI=1S/C28H38N10O10S2/c1-28(2)22(24(40)38(28)48-50(43,44)45)34-23(39)21(18-15-49-26(31)33-18)35-47-20(25(41)42)14-46-17-7-5-16(6-8-17)19-13-37(12-4-9-29)27(36(19)3)32-11-10-30/h5-8,13,15,20,22H,4,9-12,14,29-30H2,1-3H3,(H2,31,33)(H,34,39)(H,41,42)(H,43,44,45)/b32-27?,35-21-/t20-,22+/m0/s1. The molecule has 20 nitrogen and oxygen atoms in total. The SMILES string of the molecule is Cn1c(-c2ccc(OC[C@H](O/N=C(\C(=O)N[C@@H]3C(=O)N(OS(=O)(=O)O)C3(C)C)c3csc(N)n3)C(=O)O)cc2)cn(CCCN)c1=NCCN. The fourth-order valence-electron chi connectivity index (χ4n) is 4.83. The number of nitrogen functional groups attached to an aromatic ring is 1. The first kappa shape index (κ1) is 37.9. The molecule has 1 aliphatic rings. The lowest BCUT2D eigenvalue weighted by atomic mass is 9.84. The zero-order chi connectivity index (χ0) is 36.8. The molecule has 22 heteroatoms. The fourth-order valence-corrected chi connectivity index (χ4v) is 5.83. The second-order valence-corrected chi connectivity index (χ2v) is 13.2. The van der Waals surface area contributed by atoms with E-state index in [1.54, 1.807) is 24.3 Å². The van der Waals surface area contributed by atoms with E-state index in [2.05, 4.69) is 24.7 Å². The smallest absolute Gasteiger partial charge is 0.418 e. The maximum atomic E-state index is 13.3. The molecule has 0 saturated carbocycles. The highest BCUT2D eigenvalue weighted by Crippen LogP contribution is 2.33. The highest BCUT2D eigenvalue weighted by molar-refractivity contribution is 7.80. The normalized spacial score (nSPS) is 17.0. The lowest BCUT2D eigenvalue weighted by Gasteiger charge is -2.50. The predicted octanol–water partition coefficient (Wildman–Crippen LogP) is -1.17. The van der Waals surface area contributed by atoms with Crippen molar-refractivity contribution < 1.29 is 46.3 Å². The van der Waals surface area contributed by atoms with Crippen molar-refractivity contribution in [1.29, 1.82) is 0 Å². The van der Waals surface area contributed by atoms with Crippen LogP contribution in [0.3, 0.4) is 0 Å². The summed E-state index contributed by atoms with van der Waals surface area (Å²) >= 11 is 0.954. The minimum absolute atomic E-state index is 0.0525. The highest BCUT2D eigenvalue weighted by Gasteiger charge is 2.58. The lowest BCUT2D eigenvalue weighted by molar-refractivity contribution is -0.218. The van der Waals surface area contributed by atoms with Crippen LogP contribution in [0, 0.1) is 0 Å². The number of hydrogen-bond acceptors (Lipinski definition) is 15. The summed E-state index contributed by atoms with van der Waals surface area (Å²) in [7, 11) is -3.14. The van der Waals surface area contributed by atoms with Crippen LogP contribution in [0.1, 0.15) is 26.0 Å². The highest BCUT2D eigenvalue weighted by atomic mass is 32.3. The van der Waals surface area contributed by atoms with E-state index < -0.39 is 58.2 Å². The molecule has 2 atom stereocenters. The number of nitrogens with two attached hydrogens (primary N) is 3. The molecule has 0 aliphatic carbocycles. The van der Waals surface area contributed by atoms with Gasteiger partial charge in [-0.2, -0.15) is 13.5 Å². The Morgan fingerprint density at radius 3 is 2.46 bits per heavy atom. The molecule has 0 unspecified atom stereocenters. The molecule has 3 heterocycles. The number of ether oxygens (including phenoxy) is 1. The van der Waals surface area contributed by atoms with Gasteiger partial charge >= 0.3 is 16.4 Å². The number of oxime groups is 1. The van der Waals surface area contributed by atoms with Gasteiger partial charge in [0.1, 0.15) is 24.1 Å². The Morgan fingerprint density at radius 1 is 1.20 bits per heavy atom. The van der Waals surface area contributed by atoms with Crippen LogP contribution >= 0.6 is 11.3 Å². The zero-order valence-electron chi connectivity index (χ0n) is 27.3. The molecular weight excluding hydrogens is 701 g/mol. The van der Waals surface area contributed by atoms with Crippen molar-refractivity contribution in [3.8, 4) is 17.0 Å². The van der Waals surface area contributed by atoms with Crippen molar-refractivity contribution in [2.45, 2.75) is 44.5 Å². The molecule has 2 aromatic heterocycles. The summed E-state index contributed by atoms with van der Waals surface area (Å²) in [5, 5.41) is 17.7. The van der Waals surface area contributed by atoms with E-state index in [0.717, 1.165) is 34.6 Å². The number of rotatable bonds is 17. The van der Waals surface area contributed by atoms with Gasteiger partial charge in [-0.15, -0.1) is 15.6 Å². The van der Waals surface area contributed by atoms with E-state index in [9.17, 15) is 27.9 Å². The van der Waals surface area contributed by atoms with E-state index in [0.29, 0.717) is 37.0 Å². The summed E-state index contributed by atoms with van der Waals surface area (Å²) in [6.45, 7) is 4.26. The maximum absolute atomic E-state index is 13.3. The minimum atomic E-state index is -5.03. The third-order valence-electron chi connectivity index (χ3n) is 7.38. The Balaban J connectivity index is 1.48. The summed E-state index contributed by atoms with van der Waals surface area (Å²) in [6, 6.07) is 5.54. The second-order valence-electron chi connectivity index (χ2n) is 11.4. The third kappa shape index (κ3) is 8.83. The summed E-state index contributed by atoms with van der Waals surface area (Å²) < 4.78 is 45.1. The quantitative estimate of drug-likeness (QED) is 0.0412. The molecule has 9 N–H and O–H groups in total. The van der Waals surface area contributed by atoms with E-state index in [4.69, 9.17) is 31.3 Å². The number of hydrogen-bond donors (Lipinski definition) is 6. The first-order valence-electron chi connectivity index (χ1n) is 15.0. The number of carboxylic acid groups (broad SMARTS) is 1. The van der Waals surface area contributed by atoms with Crippen LogP contribution in [0.2, 0.25) is 0 Å². The topological polar surface area (TPSA) is 294 Å². The molecular formula is C28H38N10O10S2. The molecule has 0 radical (unpaired) electrons. The number of benzene rings is 1. The van der Waals surface area contributed by atoms with Crippen LogP contribution in [0.4, 0.5) is 5.13 Å². The van der Waals surface area contributed by atoms with Crippen LogP contribution in [-0.2, 0) is 47.5 Å². The van der Waals surface area contributed by atoms with Crippen molar-refractivity contribution >= 4 is 50.4 Å². The fraction of sp³-hybridized carbons (Fsp3) is 0.429. The number of carboxylic acids is 1. The van der Waals surface area contributed by atoms with Crippen molar-refractivity contribution in [2.24, 2.45) is 28.7 Å². The van der Waals surface area contributed by atoms with Gasteiger partial charge in [-0.3, -0.25) is 19.1 Å². The van der Waals surface area contributed by atoms with Crippen molar-refractivity contribution in [3.63, 3.8) is 0 Å². The predicted molar refractivity (Wildman–Crippen MR) is 179 cm³/mol. The molecule has 1 fully saturated rings. The number of nitrogens with one attached hydrogen (secondary N) is 1. The van der Waals surface area contributed by atoms with Crippen LogP contribution < -0.4 is 32.9 Å². The first-order chi connectivity index (χ1) is 23.6. The average Bonchev–Trinajstić information content (AvgIpc) is 3.63. The number of aromatic nitrogens is 3. The van der Waals surface area contributed by atoms with Crippen LogP contribution in [0.5, 0.6) is 5.75 Å². The molecule has 0 bridgehead atoms. The minimum Gasteiger partial charge on any atom is -0.489 e. The number of aryl methyl sites for hydroxylation is 1. The Bertz CT molecular complexity index is 1920. The largest absolute Gasteiger partial charge is 0.489 e. The van der Waals surface area contributed by atoms with Crippen LogP contribution in [-0.4, -0.2) is 105 Å². The molecule has 50 heavy (non-hydrogen) atoms. The number of anilines is 1. The number of imidazole rings is 1. The second kappa shape index (κ2) is 15.8. The Hall–Kier alpha value is -4.87. The molecule has 2 amide bonds. The zero-order valence-corrected chi connectivity index (χ0v) is 28.9. The molecule has 3 aromatic rings. The van der Waals surface area contributed by atoms with Crippen molar-refractivity contribution in [3.05, 3.63) is 47.2 Å². The number of amides is 2. The molecule has 1 aliphatic heterocycles. The molecule has 1 saturated heterocycles. The molecule has 0 spiro atoms. The summed E-state index contributed by atoms with van der Waals surface area (Å²) in [5.74, 6) is -3.17. The maximum Gasteiger partial charge on any atom is 0.418 e. The summed E-state index contributed by atoms with van der Waals surface area (Å²) in [6.07, 6.45) is 1.02. The number of thiazole rings is 1. The van der Waals surface area contributed by atoms with E-state index in [1.807, 2.05) is 22.4 Å². The van der Waals surface area contributed by atoms with Gasteiger partial charge in [0.05, 0.1) is 17.8 Å². The number of carbonyl (C=O) groups is 3. The number of hydroxylamine groups is 2. The third-order valence-corrected chi connectivity index (χ3v) is 8.39. The lowest BCUT2D eigenvalue weighted by Crippen LogP contribution is -2.76. The van der Waals surface area contributed by atoms with Gasteiger partial charge in [0.15, 0.2) is 10.8 Å². The molecule has 4 rings (SSSR count). The number of aliphatic carboxylic acids is 1. The Labute approximate surface area is 290 Å². The number of carbonyl (C=O) groups excluding carboxylic acids is 2. The van der Waals surface area contributed by atoms with Gasteiger partial charge in [0, 0.05) is 31.7 Å². The van der Waals surface area contributed by atoms with Gasteiger partial charge in [0.25, 0.3) is 17.9 Å². The van der Waals surface area contributed by atoms with Gasteiger partial charge in [-0.25, -0.2) is 9.78 Å². The van der Waals surface area contributed by atoms with Gasteiger partial charge < -0.3 is 46.3 Å². The van der Waals surface area contributed by atoms with Crippen LogP contribution in [0.15, 0.2) is 46.0 Å². The van der Waals surface area contributed by atoms with Gasteiger partial charge in [-0.05, 0) is 56.6 Å². The monoisotopic (exact) mass is 738 g/mol. The summed E-state index contributed by atoms with van der Waals surface area (Å²) in [4.78, 5) is 51.6. The Kier molecular flexibility index (Phi) is 12.0. The number of nitrogens with zero attached hydrogens (tertiary/aromatic N) is 6. The van der Waals surface area contributed by atoms with Crippen molar-refractivity contribution in [2.75, 3.05) is 32.0 Å². The van der Waals surface area contributed by atoms with E-state index >= 15 is 0 Å². The average molecular weight is 739 g/mol. The summed E-state index contributed by atoms with van der Waals surface area (Å²) in [5.41, 5.74) is 17.4. The molecule has 1 aromatic carbocycles. The van der Waals surface area contributed by atoms with E-state index in [-0.39, 0.29) is 10.8 Å². The van der Waals surface area contributed by atoms with E-state index in [1.165, 1.54) is 19.2 Å². The first-order valence-corrected chi connectivity index (χ1v) is 17.2. The molecule has 272 valence electrons.